The predicted octanol–water partition coefficient (Wildman–Crippen LogP) is 2.42. The molecule has 2 aliphatic heterocycles. The van der Waals surface area contributed by atoms with Gasteiger partial charge in [0.25, 0.3) is 11.8 Å². The lowest BCUT2D eigenvalue weighted by Gasteiger charge is -2.37. The van der Waals surface area contributed by atoms with Gasteiger partial charge < -0.3 is 9.64 Å². The number of morpholine rings is 1. The lowest BCUT2D eigenvalue weighted by atomic mass is 10.0. The van der Waals surface area contributed by atoms with Gasteiger partial charge in [0, 0.05) is 19.6 Å². The minimum atomic E-state index is -0.373. The molecule has 2 unspecified atom stereocenters. The summed E-state index contributed by atoms with van der Waals surface area (Å²) in [7, 11) is 0. The van der Waals surface area contributed by atoms with Crippen molar-refractivity contribution in [2.45, 2.75) is 39.4 Å². The van der Waals surface area contributed by atoms with Gasteiger partial charge in [-0.2, -0.15) is 0 Å². The highest BCUT2D eigenvalue weighted by Crippen LogP contribution is 2.33. The second kappa shape index (κ2) is 6.96. The molecule has 1 aromatic carbocycles. The van der Waals surface area contributed by atoms with E-state index in [0.29, 0.717) is 42.9 Å². The predicted molar refractivity (Wildman–Crippen MR) is 91.9 cm³/mol. The molecule has 2 atom stereocenters. The Morgan fingerprint density at radius 3 is 2.24 bits per heavy atom. The zero-order valence-corrected chi connectivity index (χ0v) is 14.8. The molecule has 1 fully saturated rings. The van der Waals surface area contributed by atoms with Crippen molar-refractivity contribution < 1.29 is 18.7 Å². The molecule has 2 aliphatic rings. The fourth-order valence-corrected chi connectivity index (χ4v) is 3.52. The van der Waals surface area contributed by atoms with Gasteiger partial charge in [-0.1, -0.05) is 19.1 Å². The van der Waals surface area contributed by atoms with E-state index in [0.717, 1.165) is 0 Å². The van der Waals surface area contributed by atoms with Gasteiger partial charge in [0.15, 0.2) is 0 Å². The summed E-state index contributed by atoms with van der Waals surface area (Å²) >= 11 is 0. The normalized spacial score (nSPS) is 24.5. The van der Waals surface area contributed by atoms with Gasteiger partial charge >= 0.3 is 0 Å². The molecule has 5 nitrogen and oxygen atoms in total. The van der Waals surface area contributed by atoms with E-state index in [4.69, 9.17) is 4.74 Å². The summed E-state index contributed by atoms with van der Waals surface area (Å²) in [6.07, 6.45) is 0.625. The zero-order chi connectivity index (χ0) is 18.1. The highest BCUT2D eigenvalue weighted by molar-refractivity contribution is 6.35. The number of imide groups is 1. The molecule has 6 heteroatoms. The Hall–Kier alpha value is -2.21. The number of carbonyl (C=O) groups excluding carboxylic acids is 2. The second-order valence-corrected chi connectivity index (χ2v) is 6.65. The Labute approximate surface area is 147 Å². The van der Waals surface area contributed by atoms with Crippen LogP contribution in [-0.4, -0.2) is 53.5 Å². The Morgan fingerprint density at radius 1 is 1.08 bits per heavy atom. The molecule has 0 aromatic heterocycles. The number of hydrogen-bond donors (Lipinski definition) is 0. The van der Waals surface area contributed by atoms with Crippen molar-refractivity contribution in [3.05, 3.63) is 41.3 Å². The number of ether oxygens (including phenoxy) is 1. The summed E-state index contributed by atoms with van der Waals surface area (Å²) < 4.78 is 19.0. The number of nitrogens with zero attached hydrogens (tertiary/aromatic N) is 2. The van der Waals surface area contributed by atoms with Crippen molar-refractivity contribution >= 4 is 17.4 Å². The van der Waals surface area contributed by atoms with Gasteiger partial charge in [-0.05, 0) is 38.0 Å². The monoisotopic (exact) mass is 346 g/mol. The van der Waals surface area contributed by atoms with Gasteiger partial charge in [0.2, 0.25) is 0 Å². The molecule has 0 spiro atoms. The minimum Gasteiger partial charge on any atom is -0.372 e. The van der Waals surface area contributed by atoms with E-state index in [1.807, 2.05) is 25.7 Å². The maximum atomic E-state index is 13.3. The number of halogens is 1. The third kappa shape index (κ3) is 3.31. The van der Waals surface area contributed by atoms with E-state index in [2.05, 4.69) is 0 Å². The molecule has 0 bridgehead atoms. The Balaban J connectivity index is 2.07. The van der Waals surface area contributed by atoms with E-state index in [-0.39, 0.29) is 29.8 Å². The smallest absolute Gasteiger partial charge is 0.277 e. The molecule has 134 valence electrons. The quantitative estimate of drug-likeness (QED) is 0.786. The lowest BCUT2D eigenvalue weighted by molar-refractivity contribution is -0.138. The number of carbonyl (C=O) groups is 2. The van der Waals surface area contributed by atoms with Crippen LogP contribution in [0.4, 0.5) is 4.39 Å². The maximum Gasteiger partial charge on any atom is 0.277 e. The number of hydrogen-bond acceptors (Lipinski definition) is 4. The van der Waals surface area contributed by atoms with Gasteiger partial charge in [-0.15, -0.1) is 0 Å². The van der Waals surface area contributed by atoms with Crippen molar-refractivity contribution in [2.24, 2.45) is 0 Å². The van der Waals surface area contributed by atoms with E-state index in [1.54, 1.807) is 12.1 Å². The molecule has 2 heterocycles. The molecule has 2 amide bonds. The summed E-state index contributed by atoms with van der Waals surface area (Å²) in [5.74, 6) is -0.950. The Kier molecular flexibility index (Phi) is 4.90. The molecule has 0 radical (unpaired) electrons. The van der Waals surface area contributed by atoms with Gasteiger partial charge in [-0.3, -0.25) is 14.5 Å². The van der Waals surface area contributed by atoms with Gasteiger partial charge in [-0.25, -0.2) is 4.39 Å². The van der Waals surface area contributed by atoms with Crippen LogP contribution in [0, 0.1) is 5.82 Å². The number of amides is 2. The molecule has 0 aliphatic carbocycles. The molecule has 1 aromatic rings. The van der Waals surface area contributed by atoms with Crippen LogP contribution in [0.3, 0.4) is 0 Å². The van der Waals surface area contributed by atoms with Crippen LogP contribution in [-0.2, 0) is 14.3 Å². The second-order valence-electron chi connectivity index (χ2n) is 6.65. The Morgan fingerprint density at radius 2 is 1.68 bits per heavy atom. The average Bonchev–Trinajstić information content (AvgIpc) is 2.80. The summed E-state index contributed by atoms with van der Waals surface area (Å²) in [6, 6.07) is 5.73. The molecular formula is C19H23FN2O3. The summed E-state index contributed by atoms with van der Waals surface area (Å²) in [6.45, 7) is 7.29. The van der Waals surface area contributed by atoms with Crippen molar-refractivity contribution in [1.82, 2.24) is 9.80 Å². The maximum absolute atomic E-state index is 13.3. The van der Waals surface area contributed by atoms with E-state index < -0.39 is 0 Å². The summed E-state index contributed by atoms with van der Waals surface area (Å²) in [5.41, 5.74) is 1.34. The standard InChI is InChI=1S/C19H23FN2O3/c1-4-9-22-18(23)16(14-5-7-15(20)8-6-14)17(19(22)24)21-10-12(2)25-13(3)11-21/h5-8,12-13H,4,9-11H2,1-3H3. The van der Waals surface area contributed by atoms with Crippen LogP contribution >= 0.6 is 0 Å². The molecule has 1 saturated heterocycles. The molecule has 0 N–H and O–H groups in total. The van der Waals surface area contributed by atoms with Crippen LogP contribution in [0.15, 0.2) is 30.0 Å². The van der Waals surface area contributed by atoms with Crippen molar-refractivity contribution in [3.63, 3.8) is 0 Å². The highest BCUT2D eigenvalue weighted by Gasteiger charge is 2.42. The van der Waals surface area contributed by atoms with Crippen LogP contribution in [0.5, 0.6) is 0 Å². The molecule has 0 saturated carbocycles. The first-order chi connectivity index (χ1) is 11.9. The Bertz CT molecular complexity index is 704. The average molecular weight is 346 g/mol. The number of benzene rings is 1. The first-order valence-electron chi connectivity index (χ1n) is 8.69. The fourth-order valence-electron chi connectivity index (χ4n) is 3.52. The van der Waals surface area contributed by atoms with Crippen LogP contribution < -0.4 is 0 Å². The SMILES string of the molecule is CCCN1C(=O)C(c2ccc(F)cc2)=C(N2CC(C)OC(C)C2)C1=O. The largest absolute Gasteiger partial charge is 0.372 e. The lowest BCUT2D eigenvalue weighted by Crippen LogP contribution is -2.47. The van der Waals surface area contributed by atoms with Crippen LogP contribution in [0.2, 0.25) is 0 Å². The number of rotatable bonds is 4. The molecule has 3 rings (SSSR count). The molecule has 25 heavy (non-hydrogen) atoms. The third-order valence-electron chi connectivity index (χ3n) is 4.46. The molecular weight excluding hydrogens is 323 g/mol. The minimum absolute atomic E-state index is 0.0335. The van der Waals surface area contributed by atoms with E-state index >= 15 is 0 Å². The van der Waals surface area contributed by atoms with Crippen LogP contribution in [0.25, 0.3) is 5.57 Å². The first-order valence-corrected chi connectivity index (χ1v) is 8.69. The summed E-state index contributed by atoms with van der Waals surface area (Å²) in [4.78, 5) is 29.1. The first kappa shape index (κ1) is 17.6. The van der Waals surface area contributed by atoms with E-state index in [1.165, 1.54) is 17.0 Å². The van der Waals surface area contributed by atoms with Crippen molar-refractivity contribution in [3.8, 4) is 0 Å². The topological polar surface area (TPSA) is 49.9 Å². The zero-order valence-electron chi connectivity index (χ0n) is 14.8. The fraction of sp³-hybridized carbons (Fsp3) is 0.474. The van der Waals surface area contributed by atoms with Crippen molar-refractivity contribution in [2.75, 3.05) is 19.6 Å². The third-order valence-corrected chi connectivity index (χ3v) is 4.46. The van der Waals surface area contributed by atoms with Gasteiger partial charge in [0.1, 0.15) is 11.5 Å². The highest BCUT2D eigenvalue weighted by atomic mass is 19.1. The summed E-state index contributed by atoms with van der Waals surface area (Å²) in [5, 5.41) is 0. The van der Waals surface area contributed by atoms with Crippen molar-refractivity contribution in [1.29, 1.82) is 0 Å². The van der Waals surface area contributed by atoms with E-state index in [9.17, 15) is 14.0 Å². The van der Waals surface area contributed by atoms with Crippen LogP contribution in [0.1, 0.15) is 32.8 Å². The van der Waals surface area contributed by atoms with Gasteiger partial charge in [0.05, 0.1) is 17.8 Å².